The van der Waals surface area contributed by atoms with E-state index in [1.807, 2.05) is 30.3 Å². The molecule has 3 aromatic rings. The first-order valence-electron chi connectivity index (χ1n) is 11.9. The van der Waals surface area contributed by atoms with Gasteiger partial charge in [-0.15, -0.1) is 10.2 Å². The number of benzene rings is 3. The van der Waals surface area contributed by atoms with Gasteiger partial charge in [-0.2, -0.15) is 0 Å². The van der Waals surface area contributed by atoms with Crippen LogP contribution in [0.15, 0.2) is 94.3 Å². The number of nitrogens with one attached hydrogen (secondary N) is 1. The fourth-order valence-corrected chi connectivity index (χ4v) is 3.96. The average molecular weight is 515 g/mol. The Hall–Kier alpha value is -4.86. The van der Waals surface area contributed by atoms with Gasteiger partial charge in [-0.3, -0.25) is 10.1 Å². The van der Waals surface area contributed by atoms with Gasteiger partial charge in [0, 0.05) is 12.0 Å². The van der Waals surface area contributed by atoms with E-state index in [9.17, 15) is 14.4 Å². The van der Waals surface area contributed by atoms with Crippen molar-refractivity contribution in [1.82, 2.24) is 0 Å². The van der Waals surface area contributed by atoms with Gasteiger partial charge in [0.05, 0.1) is 19.4 Å². The van der Waals surface area contributed by atoms with Gasteiger partial charge in [-0.25, -0.2) is 9.59 Å². The van der Waals surface area contributed by atoms with Crippen molar-refractivity contribution in [3.05, 3.63) is 95.6 Å². The predicted octanol–water partition coefficient (Wildman–Crippen LogP) is 4.99. The van der Waals surface area contributed by atoms with Crippen molar-refractivity contribution in [2.24, 2.45) is 15.4 Å². The van der Waals surface area contributed by atoms with E-state index in [0.717, 1.165) is 5.56 Å². The lowest BCUT2D eigenvalue weighted by molar-refractivity contribution is -0.135. The standard InChI is InChI=1S/C28H26N4O6/c1-3-37-26(34)24-28(31-32-30-24,17-19-13-15-21(36-2)16-14-19)25(33)22-11-7-8-12-23(22)29-27(35)38-18-20-9-5-4-6-10-20/h4-16H,3,17-18H2,1-2H3,(H,29,35). The molecule has 0 aromatic heterocycles. The van der Waals surface area contributed by atoms with Crippen molar-refractivity contribution in [3.63, 3.8) is 0 Å². The molecule has 10 nitrogen and oxygen atoms in total. The van der Waals surface area contributed by atoms with Crippen molar-refractivity contribution in [2.75, 3.05) is 19.0 Å². The molecule has 0 bridgehead atoms. The summed E-state index contributed by atoms with van der Waals surface area (Å²) in [6.07, 6.45) is -0.769. The van der Waals surface area contributed by atoms with Gasteiger partial charge in [0.1, 0.15) is 12.4 Å². The van der Waals surface area contributed by atoms with Crippen LogP contribution in [0, 0.1) is 0 Å². The molecular weight excluding hydrogens is 488 g/mol. The van der Waals surface area contributed by atoms with E-state index in [1.165, 1.54) is 6.07 Å². The Bertz CT molecular complexity index is 1370. The van der Waals surface area contributed by atoms with Gasteiger partial charge < -0.3 is 14.2 Å². The largest absolute Gasteiger partial charge is 0.497 e. The maximum Gasteiger partial charge on any atom is 0.411 e. The highest BCUT2D eigenvalue weighted by Crippen LogP contribution is 2.33. The molecule has 0 aliphatic carbocycles. The van der Waals surface area contributed by atoms with E-state index in [-0.39, 0.29) is 36.6 Å². The van der Waals surface area contributed by atoms with Crippen LogP contribution in [0.1, 0.15) is 28.4 Å². The third kappa shape index (κ3) is 5.75. The Morgan fingerprint density at radius 1 is 0.868 bits per heavy atom. The van der Waals surface area contributed by atoms with Crippen molar-refractivity contribution in [3.8, 4) is 5.75 Å². The smallest absolute Gasteiger partial charge is 0.411 e. The molecule has 0 spiro atoms. The highest BCUT2D eigenvalue weighted by atomic mass is 16.5. The third-order valence-corrected chi connectivity index (χ3v) is 5.84. The zero-order valence-electron chi connectivity index (χ0n) is 20.9. The summed E-state index contributed by atoms with van der Waals surface area (Å²) in [5, 5.41) is 14.4. The highest BCUT2D eigenvalue weighted by molar-refractivity contribution is 6.47. The average Bonchev–Trinajstić information content (AvgIpc) is 3.37. The van der Waals surface area contributed by atoms with Crippen molar-refractivity contribution in [2.45, 2.75) is 25.5 Å². The number of ketones is 1. The lowest BCUT2D eigenvalue weighted by Gasteiger charge is -2.25. The number of methoxy groups -OCH3 is 1. The fraction of sp³-hybridized carbons (Fsp3) is 0.214. The number of ether oxygens (including phenoxy) is 3. The SMILES string of the molecule is CCOC(=O)C1=NN=NC1(Cc1ccc(OC)cc1)C(=O)c1ccccc1NC(=O)OCc1ccccc1. The first-order chi connectivity index (χ1) is 18.5. The summed E-state index contributed by atoms with van der Waals surface area (Å²) in [4.78, 5) is 39.5. The lowest BCUT2D eigenvalue weighted by Crippen LogP contribution is -2.49. The van der Waals surface area contributed by atoms with Crippen LogP contribution in [-0.2, 0) is 27.3 Å². The maximum absolute atomic E-state index is 14.1. The molecule has 4 rings (SSSR count). The molecule has 1 atom stereocenters. The third-order valence-electron chi connectivity index (χ3n) is 5.84. The molecule has 3 aromatic carbocycles. The number of para-hydroxylation sites is 1. The van der Waals surface area contributed by atoms with Gasteiger partial charge in [0.15, 0.2) is 5.71 Å². The van der Waals surface area contributed by atoms with Crippen LogP contribution in [0.4, 0.5) is 10.5 Å². The van der Waals surface area contributed by atoms with Gasteiger partial charge in [0.25, 0.3) is 0 Å². The summed E-state index contributed by atoms with van der Waals surface area (Å²) < 4.78 is 15.7. The van der Waals surface area contributed by atoms with Gasteiger partial charge in [0.2, 0.25) is 11.3 Å². The normalized spacial score (nSPS) is 15.9. The topological polar surface area (TPSA) is 128 Å². The monoisotopic (exact) mass is 514 g/mol. The van der Waals surface area contributed by atoms with E-state index >= 15 is 0 Å². The molecule has 0 saturated carbocycles. The molecule has 0 radical (unpaired) electrons. The molecule has 1 unspecified atom stereocenters. The summed E-state index contributed by atoms with van der Waals surface area (Å²) >= 11 is 0. The fourth-order valence-electron chi connectivity index (χ4n) is 3.96. The van der Waals surface area contributed by atoms with Crippen LogP contribution in [-0.4, -0.2) is 42.8 Å². The summed E-state index contributed by atoms with van der Waals surface area (Å²) in [6.45, 7) is 1.78. The summed E-state index contributed by atoms with van der Waals surface area (Å²) in [7, 11) is 1.55. The van der Waals surface area contributed by atoms with Crippen LogP contribution in [0.5, 0.6) is 5.75 Å². The quantitative estimate of drug-likeness (QED) is 0.300. The number of esters is 1. The van der Waals surface area contributed by atoms with E-state index < -0.39 is 23.4 Å². The van der Waals surface area contributed by atoms with Gasteiger partial charge >= 0.3 is 12.1 Å². The second kappa shape index (κ2) is 11.9. The molecular formula is C28H26N4O6. The van der Waals surface area contributed by atoms with Crippen LogP contribution < -0.4 is 10.1 Å². The van der Waals surface area contributed by atoms with Gasteiger partial charge in [-0.1, -0.05) is 54.6 Å². The maximum atomic E-state index is 14.1. The number of carbonyl (C=O) groups is 3. The van der Waals surface area contributed by atoms with E-state index in [0.29, 0.717) is 11.3 Å². The number of anilines is 1. The van der Waals surface area contributed by atoms with Crippen LogP contribution in [0.3, 0.4) is 0 Å². The molecule has 1 N–H and O–H groups in total. The Kier molecular flexibility index (Phi) is 8.22. The second-order valence-corrected chi connectivity index (χ2v) is 8.31. The first-order valence-corrected chi connectivity index (χ1v) is 11.9. The number of rotatable bonds is 10. The van der Waals surface area contributed by atoms with Crippen molar-refractivity contribution >= 4 is 29.2 Å². The first kappa shape index (κ1) is 26.2. The minimum Gasteiger partial charge on any atom is -0.497 e. The number of nitrogens with zero attached hydrogens (tertiary/aromatic N) is 3. The predicted molar refractivity (Wildman–Crippen MR) is 139 cm³/mol. The summed E-state index contributed by atoms with van der Waals surface area (Å²) in [5.74, 6) is -0.752. The van der Waals surface area contributed by atoms with E-state index in [4.69, 9.17) is 14.2 Å². The molecule has 38 heavy (non-hydrogen) atoms. The molecule has 1 heterocycles. The van der Waals surface area contributed by atoms with Gasteiger partial charge in [-0.05, 0) is 47.5 Å². The van der Waals surface area contributed by atoms with Crippen LogP contribution in [0.2, 0.25) is 0 Å². The Balaban J connectivity index is 1.64. The highest BCUT2D eigenvalue weighted by Gasteiger charge is 2.51. The number of hydrogen-bond donors (Lipinski definition) is 1. The molecule has 194 valence electrons. The minimum atomic E-state index is -1.80. The lowest BCUT2D eigenvalue weighted by atomic mass is 9.80. The zero-order chi connectivity index (χ0) is 27.0. The molecule has 1 aliphatic heterocycles. The van der Waals surface area contributed by atoms with Crippen molar-refractivity contribution in [1.29, 1.82) is 0 Å². The van der Waals surface area contributed by atoms with Crippen LogP contribution in [0.25, 0.3) is 0 Å². The Labute approximate surface area is 219 Å². The minimum absolute atomic E-state index is 0.0240. The summed E-state index contributed by atoms with van der Waals surface area (Å²) in [5.41, 5.74) is -0.240. The Morgan fingerprint density at radius 3 is 2.29 bits per heavy atom. The number of Topliss-reactive ketones (excluding diaryl/α,β-unsaturated/α-hetero) is 1. The molecule has 10 heteroatoms. The second-order valence-electron chi connectivity index (χ2n) is 8.31. The molecule has 1 amide bonds. The Morgan fingerprint density at radius 2 is 1.58 bits per heavy atom. The van der Waals surface area contributed by atoms with Crippen LogP contribution >= 0.6 is 0 Å². The number of amides is 1. The zero-order valence-corrected chi connectivity index (χ0v) is 20.9. The number of carbonyl (C=O) groups excluding carboxylic acids is 3. The molecule has 0 fully saturated rings. The van der Waals surface area contributed by atoms with Crippen molar-refractivity contribution < 1.29 is 28.6 Å². The van der Waals surface area contributed by atoms with E-state index in [2.05, 4.69) is 20.8 Å². The molecule has 0 saturated heterocycles. The van der Waals surface area contributed by atoms with E-state index in [1.54, 1.807) is 56.5 Å². The number of hydrogen-bond acceptors (Lipinski definition) is 9. The summed E-state index contributed by atoms with van der Waals surface area (Å²) in [6, 6.07) is 22.6. The molecule has 1 aliphatic rings.